The summed E-state index contributed by atoms with van der Waals surface area (Å²) in [4.78, 5) is 6.52. The SMILES string of the molecule is CNc1cc(NN2CCN(C)CC2)ccn1. The van der Waals surface area contributed by atoms with E-state index in [0.717, 1.165) is 37.7 Å². The lowest BCUT2D eigenvalue weighted by atomic mass is 10.3. The molecule has 1 aromatic rings. The van der Waals surface area contributed by atoms with Gasteiger partial charge in [0.25, 0.3) is 0 Å². The van der Waals surface area contributed by atoms with Crippen molar-refractivity contribution in [3.05, 3.63) is 18.3 Å². The van der Waals surface area contributed by atoms with E-state index in [1.54, 1.807) is 0 Å². The average molecular weight is 221 g/mol. The van der Waals surface area contributed by atoms with E-state index in [4.69, 9.17) is 0 Å². The van der Waals surface area contributed by atoms with Crippen molar-refractivity contribution < 1.29 is 0 Å². The molecule has 5 heteroatoms. The van der Waals surface area contributed by atoms with Crippen LogP contribution >= 0.6 is 0 Å². The van der Waals surface area contributed by atoms with Gasteiger partial charge in [0.05, 0.1) is 5.69 Å². The number of anilines is 2. The molecule has 2 N–H and O–H groups in total. The summed E-state index contributed by atoms with van der Waals surface area (Å²) in [7, 11) is 4.03. The van der Waals surface area contributed by atoms with Crippen LogP contribution in [0.1, 0.15) is 0 Å². The van der Waals surface area contributed by atoms with Crippen LogP contribution in [0.5, 0.6) is 0 Å². The molecule has 0 aliphatic carbocycles. The second-order valence-electron chi connectivity index (χ2n) is 4.08. The number of hydrogen-bond donors (Lipinski definition) is 2. The maximum absolute atomic E-state index is 4.19. The molecule has 1 saturated heterocycles. The third kappa shape index (κ3) is 2.84. The van der Waals surface area contributed by atoms with Crippen molar-refractivity contribution in [2.24, 2.45) is 0 Å². The topological polar surface area (TPSA) is 43.4 Å². The number of pyridine rings is 1. The Hall–Kier alpha value is -1.33. The highest BCUT2D eigenvalue weighted by Crippen LogP contribution is 2.12. The smallest absolute Gasteiger partial charge is 0.127 e. The monoisotopic (exact) mass is 221 g/mol. The number of piperazine rings is 1. The molecule has 0 spiro atoms. The fourth-order valence-corrected chi connectivity index (χ4v) is 1.74. The Kier molecular flexibility index (Phi) is 3.58. The van der Waals surface area contributed by atoms with Crippen LogP contribution in [0.15, 0.2) is 18.3 Å². The zero-order valence-corrected chi connectivity index (χ0v) is 9.90. The van der Waals surface area contributed by atoms with Gasteiger partial charge in [0.1, 0.15) is 5.82 Å². The quantitative estimate of drug-likeness (QED) is 0.786. The molecule has 1 fully saturated rings. The van der Waals surface area contributed by atoms with Gasteiger partial charge in [-0.25, -0.2) is 9.99 Å². The summed E-state index contributed by atoms with van der Waals surface area (Å²) >= 11 is 0. The minimum Gasteiger partial charge on any atom is -0.373 e. The summed E-state index contributed by atoms with van der Waals surface area (Å²) in [5.41, 5.74) is 4.49. The van der Waals surface area contributed by atoms with Crippen molar-refractivity contribution in [2.45, 2.75) is 0 Å². The minimum atomic E-state index is 0.888. The van der Waals surface area contributed by atoms with Crippen molar-refractivity contribution in [1.29, 1.82) is 0 Å². The normalized spacial score (nSPS) is 18.4. The zero-order valence-electron chi connectivity index (χ0n) is 9.90. The van der Waals surface area contributed by atoms with Crippen LogP contribution in [0.3, 0.4) is 0 Å². The Morgan fingerprint density at radius 2 is 2.00 bits per heavy atom. The lowest BCUT2D eigenvalue weighted by Crippen LogP contribution is -2.46. The highest BCUT2D eigenvalue weighted by molar-refractivity contribution is 5.50. The standard InChI is InChI=1S/C11H19N5/c1-12-11-9-10(3-4-13-11)14-16-7-5-15(2)6-8-16/h3-4,9H,5-8H2,1-2H3,(H2,12,13,14). The molecule has 5 nitrogen and oxygen atoms in total. The van der Waals surface area contributed by atoms with Crippen molar-refractivity contribution in [3.63, 3.8) is 0 Å². The largest absolute Gasteiger partial charge is 0.373 e. The van der Waals surface area contributed by atoms with Gasteiger partial charge in [0.2, 0.25) is 0 Å². The van der Waals surface area contributed by atoms with Gasteiger partial charge in [0.15, 0.2) is 0 Å². The molecule has 0 radical (unpaired) electrons. The van der Waals surface area contributed by atoms with Crippen molar-refractivity contribution in [1.82, 2.24) is 14.9 Å². The third-order valence-electron chi connectivity index (χ3n) is 2.81. The number of hydrogen-bond acceptors (Lipinski definition) is 5. The number of likely N-dealkylation sites (N-methyl/N-ethyl adjacent to an activating group) is 1. The van der Waals surface area contributed by atoms with Gasteiger partial charge in [-0.1, -0.05) is 0 Å². The van der Waals surface area contributed by atoms with Gasteiger partial charge in [-0.2, -0.15) is 0 Å². The van der Waals surface area contributed by atoms with E-state index < -0.39 is 0 Å². The summed E-state index contributed by atoms with van der Waals surface area (Å²) in [5, 5.41) is 5.28. The Morgan fingerprint density at radius 3 is 2.69 bits per heavy atom. The first-order valence-electron chi connectivity index (χ1n) is 5.62. The van der Waals surface area contributed by atoms with Crippen LogP contribution in [0, 0.1) is 0 Å². The highest BCUT2D eigenvalue weighted by atomic mass is 15.5. The Bertz CT molecular complexity index is 333. The van der Waals surface area contributed by atoms with Gasteiger partial charge in [-0.15, -0.1) is 0 Å². The van der Waals surface area contributed by atoms with E-state index in [-0.39, 0.29) is 0 Å². The second-order valence-corrected chi connectivity index (χ2v) is 4.08. The van der Waals surface area contributed by atoms with E-state index in [9.17, 15) is 0 Å². The fourth-order valence-electron chi connectivity index (χ4n) is 1.74. The summed E-state index contributed by atoms with van der Waals surface area (Å²) in [5.74, 6) is 0.888. The number of nitrogens with one attached hydrogen (secondary N) is 2. The predicted molar refractivity (Wildman–Crippen MR) is 66.5 cm³/mol. The molecular weight excluding hydrogens is 202 g/mol. The summed E-state index contributed by atoms with van der Waals surface area (Å²) in [6.45, 7) is 4.31. The van der Waals surface area contributed by atoms with Gasteiger partial charge in [-0.3, -0.25) is 0 Å². The highest BCUT2D eigenvalue weighted by Gasteiger charge is 2.13. The summed E-state index contributed by atoms with van der Waals surface area (Å²) in [6.07, 6.45) is 1.81. The second kappa shape index (κ2) is 5.14. The van der Waals surface area contributed by atoms with Crippen LogP contribution in [0.25, 0.3) is 0 Å². The van der Waals surface area contributed by atoms with Crippen LogP contribution in [0.2, 0.25) is 0 Å². The predicted octanol–water partition coefficient (Wildman–Crippen LogP) is 0.698. The molecule has 0 saturated carbocycles. The summed E-state index contributed by atoms with van der Waals surface area (Å²) < 4.78 is 0. The molecule has 2 heterocycles. The van der Waals surface area contributed by atoms with Crippen LogP contribution in [0.4, 0.5) is 11.5 Å². The van der Waals surface area contributed by atoms with Gasteiger partial charge < -0.3 is 15.6 Å². The lowest BCUT2D eigenvalue weighted by molar-refractivity contribution is 0.179. The maximum Gasteiger partial charge on any atom is 0.127 e. The van der Waals surface area contributed by atoms with Gasteiger partial charge in [-0.05, 0) is 13.1 Å². The molecule has 88 valence electrons. The van der Waals surface area contributed by atoms with Gasteiger partial charge in [0, 0.05) is 45.5 Å². The minimum absolute atomic E-state index is 0.888. The van der Waals surface area contributed by atoms with Crippen LogP contribution in [-0.2, 0) is 0 Å². The van der Waals surface area contributed by atoms with Crippen LogP contribution in [-0.4, -0.2) is 55.2 Å². The van der Waals surface area contributed by atoms with E-state index in [0.29, 0.717) is 0 Å². The number of nitrogens with zero attached hydrogens (tertiary/aromatic N) is 3. The van der Waals surface area contributed by atoms with Crippen molar-refractivity contribution in [2.75, 3.05) is 51.0 Å². The average Bonchev–Trinajstić information content (AvgIpc) is 2.32. The molecule has 16 heavy (non-hydrogen) atoms. The fraction of sp³-hybridized carbons (Fsp3) is 0.545. The number of hydrazine groups is 1. The molecule has 0 aromatic carbocycles. The first-order chi connectivity index (χ1) is 7.78. The van der Waals surface area contributed by atoms with E-state index in [1.807, 2.05) is 25.4 Å². The molecule has 0 unspecified atom stereocenters. The molecule has 1 aliphatic rings. The first kappa shape index (κ1) is 11.2. The molecule has 0 bridgehead atoms. The number of rotatable bonds is 3. The molecule has 2 rings (SSSR count). The maximum atomic E-state index is 4.19. The van der Waals surface area contributed by atoms with E-state index >= 15 is 0 Å². The first-order valence-corrected chi connectivity index (χ1v) is 5.62. The Morgan fingerprint density at radius 1 is 1.25 bits per heavy atom. The van der Waals surface area contributed by atoms with Crippen molar-refractivity contribution >= 4 is 11.5 Å². The molecular formula is C11H19N5. The lowest BCUT2D eigenvalue weighted by Gasteiger charge is -2.33. The Labute approximate surface area is 96.4 Å². The molecule has 0 amide bonds. The third-order valence-corrected chi connectivity index (χ3v) is 2.81. The molecule has 1 aromatic heterocycles. The van der Waals surface area contributed by atoms with Crippen LogP contribution < -0.4 is 10.7 Å². The summed E-state index contributed by atoms with van der Waals surface area (Å²) in [6, 6.07) is 4.00. The Balaban J connectivity index is 1.93. The van der Waals surface area contributed by atoms with Gasteiger partial charge >= 0.3 is 0 Å². The number of aromatic nitrogens is 1. The molecule has 1 aliphatic heterocycles. The zero-order chi connectivity index (χ0) is 11.4. The van der Waals surface area contributed by atoms with E-state index in [2.05, 4.69) is 32.7 Å². The molecule has 0 atom stereocenters. The van der Waals surface area contributed by atoms with Crippen molar-refractivity contribution in [3.8, 4) is 0 Å². The van der Waals surface area contributed by atoms with E-state index in [1.165, 1.54) is 0 Å².